The minimum atomic E-state index is -4.93. The molecule has 53 heavy (non-hydrogen) atoms. The summed E-state index contributed by atoms with van der Waals surface area (Å²) in [5.74, 6) is -1.26. The van der Waals surface area contributed by atoms with E-state index in [0.717, 1.165) is 50.5 Å². The first-order chi connectivity index (χ1) is 24.6. The van der Waals surface area contributed by atoms with Gasteiger partial charge in [0, 0.05) is 37.0 Å². The van der Waals surface area contributed by atoms with E-state index in [-0.39, 0.29) is 54.5 Å². The number of alkyl halides is 6. The number of halogens is 7. The Bertz CT molecular complexity index is 2740. The molecule has 0 atom stereocenters. The Morgan fingerprint density at radius 3 is 1.43 bits per heavy atom. The minimum Gasteiger partial charge on any atom is -0.462 e. The summed E-state index contributed by atoms with van der Waals surface area (Å²) in [5.41, 5.74) is -9.70. The molecule has 6 aromatic rings. The standard InChI is InChI=1S/C15H10F3N3O5S.C14H7F4N3O5/c1-19-12(15(16,17)18)5-13(22)20(14(19)23)9-6-26-10-4-8(21(24)25)11(27-2)3-7(9)10;1-19-11(14(16,17)18)4-12(22)20(13(19)23)9-5-26-10-3-8(21(24)25)7(15)2-6(9)10/h3-6H,1-2H3;2-5H,1H3. The highest BCUT2D eigenvalue weighted by molar-refractivity contribution is 7.98. The Balaban J connectivity index is 0.000000204. The van der Waals surface area contributed by atoms with Crippen molar-refractivity contribution in [3.05, 3.63) is 128 Å². The van der Waals surface area contributed by atoms with E-state index < -0.39 is 67.6 Å². The Morgan fingerprint density at radius 1 is 0.660 bits per heavy atom. The fourth-order valence-corrected chi connectivity index (χ4v) is 5.66. The van der Waals surface area contributed by atoms with Crippen LogP contribution in [0.25, 0.3) is 33.3 Å². The molecule has 0 fully saturated rings. The summed E-state index contributed by atoms with van der Waals surface area (Å²) < 4.78 is 103. The summed E-state index contributed by atoms with van der Waals surface area (Å²) in [7, 11) is 1.70. The minimum absolute atomic E-state index is 0.0170. The fourth-order valence-electron chi connectivity index (χ4n) is 5.08. The molecule has 4 heterocycles. The second-order valence-electron chi connectivity index (χ2n) is 10.7. The topological polar surface area (TPSA) is 201 Å². The number of hydrogen-bond donors (Lipinski definition) is 0. The highest BCUT2D eigenvalue weighted by atomic mass is 32.2. The molecule has 2 aromatic carbocycles. The smallest absolute Gasteiger partial charge is 0.431 e. The van der Waals surface area contributed by atoms with E-state index in [4.69, 9.17) is 8.83 Å². The zero-order valence-electron chi connectivity index (χ0n) is 26.4. The van der Waals surface area contributed by atoms with Gasteiger partial charge in [-0.2, -0.15) is 30.7 Å². The van der Waals surface area contributed by atoms with E-state index in [1.165, 1.54) is 6.07 Å². The number of thioether (sulfide) groups is 1. The van der Waals surface area contributed by atoms with E-state index in [1.807, 2.05) is 0 Å². The molecule has 0 amide bonds. The highest BCUT2D eigenvalue weighted by Gasteiger charge is 2.36. The third kappa shape index (κ3) is 6.70. The first-order valence-corrected chi connectivity index (χ1v) is 15.2. The number of nitrogens with zero attached hydrogens (tertiary/aromatic N) is 6. The average Bonchev–Trinajstić information content (AvgIpc) is 3.66. The Labute approximate surface area is 289 Å². The molecule has 0 saturated heterocycles. The number of furan rings is 2. The van der Waals surface area contributed by atoms with E-state index in [2.05, 4.69) is 0 Å². The van der Waals surface area contributed by atoms with Crippen molar-refractivity contribution in [3.63, 3.8) is 0 Å². The number of rotatable bonds is 5. The molecule has 24 heteroatoms. The lowest BCUT2D eigenvalue weighted by atomic mass is 10.2. The normalized spacial score (nSPS) is 11.9. The molecule has 6 rings (SSSR count). The average molecular weight is 775 g/mol. The molecule has 0 aliphatic rings. The summed E-state index contributed by atoms with van der Waals surface area (Å²) in [6.45, 7) is 0. The van der Waals surface area contributed by atoms with Crippen LogP contribution in [-0.2, 0) is 26.4 Å². The first-order valence-electron chi connectivity index (χ1n) is 14.0. The van der Waals surface area contributed by atoms with Crippen molar-refractivity contribution in [1.29, 1.82) is 0 Å². The van der Waals surface area contributed by atoms with Crippen LogP contribution in [0.3, 0.4) is 0 Å². The second kappa shape index (κ2) is 13.3. The van der Waals surface area contributed by atoms with Gasteiger partial charge in [0.25, 0.3) is 16.8 Å². The third-order valence-corrected chi connectivity index (χ3v) is 8.34. The van der Waals surface area contributed by atoms with E-state index >= 15 is 0 Å². The SMILES string of the molecule is CSc1cc2c(-n3c(=O)cc(C(F)(F)F)n(C)c3=O)coc2cc1[N+](=O)[O-].Cn1c(C(F)(F)F)cc(=O)n(-c2coc3cc([N+](=O)[O-])c(F)cc23)c1=O. The zero-order chi connectivity index (χ0) is 39.5. The largest absolute Gasteiger partial charge is 0.462 e. The van der Waals surface area contributed by atoms with Crippen LogP contribution in [-0.4, -0.2) is 34.4 Å². The predicted molar refractivity (Wildman–Crippen MR) is 169 cm³/mol. The fraction of sp³-hybridized carbons (Fsp3) is 0.172. The Kier molecular flexibility index (Phi) is 9.45. The van der Waals surface area contributed by atoms with Crippen molar-refractivity contribution in [2.24, 2.45) is 14.1 Å². The molecule has 16 nitrogen and oxygen atoms in total. The van der Waals surface area contributed by atoms with Crippen molar-refractivity contribution in [2.75, 3.05) is 6.26 Å². The number of aromatic nitrogens is 4. The lowest BCUT2D eigenvalue weighted by molar-refractivity contribution is -0.387. The van der Waals surface area contributed by atoms with Crippen LogP contribution in [0.2, 0.25) is 0 Å². The maximum Gasteiger partial charge on any atom is 0.431 e. The maximum atomic E-state index is 13.8. The molecule has 278 valence electrons. The van der Waals surface area contributed by atoms with Gasteiger partial charge in [-0.05, 0) is 18.4 Å². The monoisotopic (exact) mass is 774 g/mol. The first kappa shape index (κ1) is 37.8. The number of fused-ring (bicyclic) bond motifs is 2. The van der Waals surface area contributed by atoms with Crippen LogP contribution in [0, 0.1) is 26.0 Å². The summed E-state index contributed by atoms with van der Waals surface area (Å²) in [6, 6.07) is 4.40. The number of benzene rings is 2. The third-order valence-electron chi connectivity index (χ3n) is 7.57. The maximum absolute atomic E-state index is 13.8. The van der Waals surface area contributed by atoms with Gasteiger partial charge in [-0.3, -0.25) is 39.0 Å². The summed E-state index contributed by atoms with van der Waals surface area (Å²) in [6.07, 6.45) is -6.40. The van der Waals surface area contributed by atoms with Crippen molar-refractivity contribution in [2.45, 2.75) is 17.2 Å². The van der Waals surface area contributed by atoms with Crippen LogP contribution in [0.1, 0.15) is 11.4 Å². The number of nitro benzene ring substituents is 2. The molecule has 0 bridgehead atoms. The van der Waals surface area contributed by atoms with Gasteiger partial charge in [0.1, 0.15) is 46.5 Å². The summed E-state index contributed by atoms with van der Waals surface area (Å²) in [4.78, 5) is 69.4. The lowest BCUT2D eigenvalue weighted by Gasteiger charge is -2.13. The van der Waals surface area contributed by atoms with Crippen molar-refractivity contribution in [1.82, 2.24) is 18.3 Å². The van der Waals surface area contributed by atoms with Crippen molar-refractivity contribution >= 4 is 45.1 Å². The molecule has 0 N–H and O–H groups in total. The molecule has 0 unspecified atom stereocenters. The van der Waals surface area contributed by atoms with Crippen LogP contribution < -0.4 is 22.5 Å². The van der Waals surface area contributed by atoms with Crippen LogP contribution in [0.15, 0.2) is 81.8 Å². The molecule has 0 aliphatic carbocycles. The van der Waals surface area contributed by atoms with Crippen molar-refractivity contribution in [3.8, 4) is 11.4 Å². The number of hydrogen-bond acceptors (Lipinski definition) is 11. The lowest BCUT2D eigenvalue weighted by Crippen LogP contribution is -2.40. The molecular formula is C29H17F7N6O10S. The van der Waals surface area contributed by atoms with Gasteiger partial charge < -0.3 is 8.83 Å². The Hall–Kier alpha value is -6.46. The van der Waals surface area contributed by atoms with Gasteiger partial charge in [-0.1, -0.05) is 0 Å². The van der Waals surface area contributed by atoms with Crippen LogP contribution in [0.4, 0.5) is 42.1 Å². The van der Waals surface area contributed by atoms with Gasteiger partial charge in [0.05, 0.1) is 26.9 Å². The highest BCUT2D eigenvalue weighted by Crippen LogP contribution is 2.36. The van der Waals surface area contributed by atoms with Gasteiger partial charge >= 0.3 is 29.4 Å². The predicted octanol–water partition coefficient (Wildman–Crippen LogP) is 5.28. The molecule has 0 radical (unpaired) electrons. The van der Waals surface area contributed by atoms with Crippen molar-refractivity contribution < 1.29 is 49.4 Å². The van der Waals surface area contributed by atoms with E-state index in [1.54, 1.807) is 6.26 Å². The van der Waals surface area contributed by atoms with Gasteiger partial charge in [0.2, 0.25) is 5.82 Å². The van der Waals surface area contributed by atoms with Gasteiger partial charge in [-0.15, -0.1) is 11.8 Å². The van der Waals surface area contributed by atoms with E-state index in [9.17, 15) is 70.1 Å². The molecule has 0 spiro atoms. The Morgan fingerprint density at radius 2 is 1.06 bits per heavy atom. The molecular weight excluding hydrogens is 757 g/mol. The second-order valence-corrected chi connectivity index (χ2v) is 11.5. The van der Waals surface area contributed by atoms with Gasteiger partial charge in [-0.25, -0.2) is 18.7 Å². The van der Waals surface area contributed by atoms with E-state index in [0.29, 0.717) is 25.8 Å². The van der Waals surface area contributed by atoms with Crippen LogP contribution in [0.5, 0.6) is 0 Å². The zero-order valence-corrected chi connectivity index (χ0v) is 27.3. The molecule has 4 aromatic heterocycles. The summed E-state index contributed by atoms with van der Waals surface area (Å²) >= 11 is 1.06. The van der Waals surface area contributed by atoms with Gasteiger partial charge in [0.15, 0.2) is 0 Å². The molecule has 0 saturated carbocycles. The molecule has 0 aliphatic heterocycles. The summed E-state index contributed by atoms with van der Waals surface area (Å²) in [5, 5.41) is 21.9. The quantitative estimate of drug-likeness (QED) is 0.0955. The van der Waals surface area contributed by atoms with Crippen LogP contribution >= 0.6 is 11.8 Å². The number of nitro groups is 2.